The lowest BCUT2D eigenvalue weighted by Crippen LogP contribution is -2.62. The summed E-state index contributed by atoms with van der Waals surface area (Å²) in [6, 6.07) is 11.3. The van der Waals surface area contributed by atoms with Crippen molar-refractivity contribution in [1.29, 1.82) is 0 Å². The zero-order valence-electron chi connectivity index (χ0n) is 17.9. The third-order valence-corrected chi connectivity index (χ3v) is 5.98. The molecule has 0 bridgehead atoms. The average Bonchev–Trinajstić information content (AvgIpc) is 3.28. The molecule has 0 spiro atoms. The highest BCUT2D eigenvalue weighted by Gasteiger charge is 2.63. The van der Waals surface area contributed by atoms with Crippen LogP contribution in [-0.2, 0) is 5.66 Å². The van der Waals surface area contributed by atoms with Gasteiger partial charge in [0.25, 0.3) is 5.66 Å². The Balaban J connectivity index is 0.00000320. The van der Waals surface area contributed by atoms with E-state index in [2.05, 4.69) is 28.9 Å². The fourth-order valence-electron chi connectivity index (χ4n) is 4.28. The number of halogens is 2. The van der Waals surface area contributed by atoms with Crippen molar-refractivity contribution in [2.75, 3.05) is 40.3 Å². The number of hydrogen-bond acceptors (Lipinski definition) is 4. The minimum absolute atomic E-state index is 0. The van der Waals surface area contributed by atoms with Gasteiger partial charge in [0.05, 0.1) is 13.1 Å². The topological polar surface area (TPSA) is 57.8 Å². The SMILES string of the molecule is C=NC1(c2ccc(-c3ccc(Cl)cc3)o2)CNC(=O)[N+]1(CCC)CCCN(C)C.Cl. The summed E-state index contributed by atoms with van der Waals surface area (Å²) in [5.74, 6) is 1.39. The molecule has 1 fully saturated rings. The molecule has 164 valence electrons. The van der Waals surface area contributed by atoms with Crippen molar-refractivity contribution in [3.8, 4) is 11.3 Å². The van der Waals surface area contributed by atoms with E-state index in [0.717, 1.165) is 30.7 Å². The Bertz CT molecular complexity index is 868. The van der Waals surface area contributed by atoms with Crippen LogP contribution < -0.4 is 5.32 Å². The van der Waals surface area contributed by atoms with Crippen molar-refractivity contribution < 1.29 is 13.7 Å². The predicted octanol–water partition coefficient (Wildman–Crippen LogP) is 4.78. The lowest BCUT2D eigenvalue weighted by Gasteiger charge is -2.41. The third kappa shape index (κ3) is 4.28. The van der Waals surface area contributed by atoms with Crippen LogP contribution in [-0.4, -0.2) is 62.4 Å². The van der Waals surface area contributed by atoms with Crippen molar-refractivity contribution in [1.82, 2.24) is 10.2 Å². The highest BCUT2D eigenvalue weighted by molar-refractivity contribution is 6.30. The third-order valence-electron chi connectivity index (χ3n) is 5.72. The van der Waals surface area contributed by atoms with Crippen molar-refractivity contribution in [3.63, 3.8) is 0 Å². The van der Waals surface area contributed by atoms with E-state index < -0.39 is 5.66 Å². The largest absolute Gasteiger partial charge is 0.452 e. The molecule has 0 saturated carbocycles. The van der Waals surface area contributed by atoms with Gasteiger partial charge in [-0.05, 0) is 63.6 Å². The molecule has 3 rings (SSSR count). The first-order chi connectivity index (χ1) is 13.9. The summed E-state index contributed by atoms with van der Waals surface area (Å²) < 4.78 is 6.46. The number of nitrogens with one attached hydrogen (secondary N) is 1. The molecule has 0 aliphatic carbocycles. The van der Waals surface area contributed by atoms with E-state index in [9.17, 15) is 4.79 Å². The summed E-state index contributed by atoms with van der Waals surface area (Å²) in [5.41, 5.74) is 0.0581. The van der Waals surface area contributed by atoms with E-state index in [1.165, 1.54) is 0 Å². The number of nitrogens with zero attached hydrogens (tertiary/aromatic N) is 3. The van der Waals surface area contributed by atoms with Gasteiger partial charge in [-0.2, -0.15) is 0 Å². The van der Waals surface area contributed by atoms with Gasteiger partial charge in [-0.15, -0.1) is 12.4 Å². The summed E-state index contributed by atoms with van der Waals surface area (Å²) in [4.78, 5) is 19.8. The number of rotatable bonds is 9. The van der Waals surface area contributed by atoms with Gasteiger partial charge in [-0.25, -0.2) is 14.3 Å². The Morgan fingerprint density at radius 1 is 1.23 bits per heavy atom. The molecular formula is C22H31Cl2N4O2+. The standard InChI is InChI=1S/C22H29ClN4O2.ClH/c1-5-14-27(15-6-13-26(3)4)21(28)25-16-22(27,24-2)20-12-11-19(29-20)17-7-9-18(23)10-8-17;/h7-12H,2,5-6,13-16H2,1,3-4H3;1H/p+1. The van der Waals surface area contributed by atoms with E-state index in [-0.39, 0.29) is 22.9 Å². The Kier molecular flexibility index (Phi) is 8.11. The minimum Gasteiger partial charge on any atom is -0.452 e. The summed E-state index contributed by atoms with van der Waals surface area (Å²) in [5, 5.41) is 3.71. The molecule has 1 aromatic carbocycles. The van der Waals surface area contributed by atoms with Crippen molar-refractivity contribution >= 4 is 36.8 Å². The number of hydrogen-bond donors (Lipinski definition) is 1. The van der Waals surface area contributed by atoms with Crippen LogP contribution in [0.2, 0.25) is 5.02 Å². The molecule has 0 radical (unpaired) electrons. The molecule has 6 nitrogen and oxygen atoms in total. The van der Waals surface area contributed by atoms with Gasteiger partial charge in [0.1, 0.15) is 12.3 Å². The summed E-state index contributed by atoms with van der Waals surface area (Å²) in [6.45, 7) is 8.62. The Labute approximate surface area is 189 Å². The second kappa shape index (κ2) is 9.96. The number of amides is 2. The predicted molar refractivity (Wildman–Crippen MR) is 124 cm³/mol. The molecule has 1 saturated heterocycles. The van der Waals surface area contributed by atoms with E-state index in [4.69, 9.17) is 16.0 Å². The van der Waals surface area contributed by atoms with Gasteiger partial charge in [-0.3, -0.25) is 5.32 Å². The Morgan fingerprint density at radius 2 is 1.93 bits per heavy atom. The number of aliphatic imine (C=N–C) groups is 1. The number of quaternary nitrogens is 1. The van der Waals surface area contributed by atoms with Gasteiger partial charge < -0.3 is 9.32 Å². The maximum absolute atomic E-state index is 13.1. The second-order valence-electron chi connectivity index (χ2n) is 7.88. The van der Waals surface area contributed by atoms with Crippen molar-refractivity contribution in [2.45, 2.75) is 25.4 Å². The first-order valence-corrected chi connectivity index (χ1v) is 10.4. The van der Waals surface area contributed by atoms with E-state index in [1.54, 1.807) is 0 Å². The number of benzene rings is 1. The molecular weight excluding hydrogens is 423 g/mol. The van der Waals surface area contributed by atoms with Crippen LogP contribution in [0.15, 0.2) is 45.8 Å². The maximum atomic E-state index is 13.1. The summed E-state index contributed by atoms with van der Waals surface area (Å²) >= 11 is 6.01. The molecule has 1 aliphatic heterocycles. The van der Waals surface area contributed by atoms with Crippen molar-refractivity contribution in [3.05, 3.63) is 47.2 Å². The van der Waals surface area contributed by atoms with Gasteiger partial charge in [0, 0.05) is 23.6 Å². The van der Waals surface area contributed by atoms with E-state index in [1.807, 2.05) is 50.5 Å². The molecule has 2 atom stereocenters. The fourth-order valence-corrected chi connectivity index (χ4v) is 4.41. The van der Waals surface area contributed by atoms with Crippen LogP contribution in [0.25, 0.3) is 11.3 Å². The molecule has 8 heteroatoms. The van der Waals surface area contributed by atoms with Gasteiger partial charge in [0.15, 0.2) is 5.76 Å². The van der Waals surface area contributed by atoms with Crippen LogP contribution in [0, 0.1) is 0 Å². The number of carbonyl (C=O) groups is 1. The number of furan rings is 1. The smallest absolute Gasteiger partial charge is 0.419 e. The molecule has 1 N–H and O–H groups in total. The average molecular weight is 454 g/mol. The number of urea groups is 1. The fraction of sp³-hybridized carbons (Fsp3) is 0.455. The quantitative estimate of drug-likeness (QED) is 0.439. The van der Waals surface area contributed by atoms with Crippen LogP contribution in [0.3, 0.4) is 0 Å². The molecule has 30 heavy (non-hydrogen) atoms. The lowest BCUT2D eigenvalue weighted by atomic mass is 10.0. The van der Waals surface area contributed by atoms with Gasteiger partial charge >= 0.3 is 6.03 Å². The monoisotopic (exact) mass is 453 g/mol. The lowest BCUT2D eigenvalue weighted by molar-refractivity contribution is -0.901. The maximum Gasteiger partial charge on any atom is 0.419 e. The highest BCUT2D eigenvalue weighted by atomic mass is 35.5. The molecule has 2 amide bonds. The van der Waals surface area contributed by atoms with Gasteiger partial charge in [-0.1, -0.05) is 18.5 Å². The summed E-state index contributed by atoms with van der Waals surface area (Å²) in [7, 11) is 4.08. The zero-order chi connectivity index (χ0) is 21.1. The molecule has 2 aromatic rings. The first kappa shape index (κ1) is 24.4. The normalized spacial score (nSPS) is 23.3. The van der Waals surface area contributed by atoms with Gasteiger partial charge in [0.2, 0.25) is 0 Å². The first-order valence-electron chi connectivity index (χ1n) is 10.0. The van der Waals surface area contributed by atoms with Crippen LogP contribution in [0.4, 0.5) is 4.79 Å². The second-order valence-corrected chi connectivity index (χ2v) is 8.31. The van der Waals surface area contributed by atoms with Crippen LogP contribution >= 0.6 is 24.0 Å². The molecule has 1 aromatic heterocycles. The zero-order valence-corrected chi connectivity index (χ0v) is 19.4. The molecule has 1 aliphatic rings. The molecule has 2 unspecified atom stereocenters. The highest BCUT2D eigenvalue weighted by Crippen LogP contribution is 2.43. The molecule has 2 heterocycles. The van der Waals surface area contributed by atoms with E-state index >= 15 is 0 Å². The van der Waals surface area contributed by atoms with Crippen LogP contribution in [0.5, 0.6) is 0 Å². The number of carbonyl (C=O) groups excluding carboxylic acids is 1. The van der Waals surface area contributed by atoms with E-state index in [0.29, 0.717) is 30.4 Å². The summed E-state index contributed by atoms with van der Waals surface area (Å²) in [6.07, 6.45) is 1.74. The van der Waals surface area contributed by atoms with Crippen molar-refractivity contribution in [2.24, 2.45) is 4.99 Å². The van der Waals surface area contributed by atoms with Crippen LogP contribution in [0.1, 0.15) is 25.5 Å². The minimum atomic E-state index is -0.871. The Hall–Kier alpha value is -1.86. The Morgan fingerprint density at radius 3 is 2.53 bits per heavy atom.